The van der Waals surface area contributed by atoms with Crippen molar-refractivity contribution in [2.45, 2.75) is 19.9 Å². The number of aryl methyl sites for hydroxylation is 1. The number of hydrogen-bond donors (Lipinski definition) is 0. The zero-order valence-electron chi connectivity index (χ0n) is 17.6. The molecule has 0 atom stereocenters. The van der Waals surface area contributed by atoms with Gasteiger partial charge in [0.1, 0.15) is 0 Å². The third-order valence-corrected chi connectivity index (χ3v) is 7.46. The summed E-state index contributed by atoms with van der Waals surface area (Å²) in [5.74, 6) is -0.197. The molecule has 5 aromatic rings. The second-order valence-corrected chi connectivity index (χ2v) is 9.59. The third-order valence-electron chi connectivity index (χ3n) is 5.31. The second kappa shape index (κ2) is 8.68. The van der Waals surface area contributed by atoms with Crippen LogP contribution < -0.4 is 4.90 Å². The number of carbonyl (C=O) groups is 1. The predicted octanol–water partition coefficient (Wildman–Crippen LogP) is 6.22. The number of thiophene rings is 1. The highest BCUT2D eigenvalue weighted by Gasteiger charge is 2.24. The van der Waals surface area contributed by atoms with Crippen molar-refractivity contribution in [3.05, 3.63) is 93.1 Å². The van der Waals surface area contributed by atoms with Crippen LogP contribution in [0.25, 0.3) is 20.3 Å². The predicted molar refractivity (Wildman–Crippen MR) is 132 cm³/mol. The smallest absolute Gasteiger partial charge is 0.270 e. The van der Waals surface area contributed by atoms with Gasteiger partial charge in [-0.05, 0) is 47.9 Å². The summed E-state index contributed by atoms with van der Waals surface area (Å²) in [6.45, 7) is 2.43. The van der Waals surface area contributed by atoms with Gasteiger partial charge in [-0.3, -0.25) is 24.8 Å². The van der Waals surface area contributed by atoms with Gasteiger partial charge in [0.2, 0.25) is 0 Å². The molecule has 0 aliphatic rings. The fourth-order valence-corrected chi connectivity index (χ4v) is 5.59. The van der Waals surface area contributed by atoms with Crippen molar-refractivity contribution in [2.24, 2.45) is 0 Å². The number of nitro groups is 1. The molecule has 2 aromatic carbocycles. The zero-order valence-corrected chi connectivity index (χ0v) is 19.2. The monoisotopic (exact) mass is 474 g/mol. The summed E-state index contributed by atoms with van der Waals surface area (Å²) in [4.78, 5) is 35.5. The third kappa shape index (κ3) is 4.20. The van der Waals surface area contributed by atoms with Crippen LogP contribution in [0.5, 0.6) is 0 Å². The van der Waals surface area contributed by atoms with Crippen LogP contribution in [0.15, 0.2) is 67.0 Å². The number of carbonyl (C=O) groups excluding carboxylic acids is 1. The summed E-state index contributed by atoms with van der Waals surface area (Å²) in [7, 11) is 0. The van der Waals surface area contributed by atoms with Gasteiger partial charge in [0.15, 0.2) is 5.13 Å². The Balaban J connectivity index is 1.57. The molecule has 33 heavy (non-hydrogen) atoms. The molecule has 0 aliphatic heterocycles. The van der Waals surface area contributed by atoms with Gasteiger partial charge >= 0.3 is 0 Å². The molecule has 0 radical (unpaired) electrons. The van der Waals surface area contributed by atoms with E-state index in [0.717, 1.165) is 26.9 Å². The molecule has 9 heteroatoms. The molecule has 0 N–H and O–H groups in total. The summed E-state index contributed by atoms with van der Waals surface area (Å²) < 4.78 is 1.85. The molecule has 0 spiro atoms. The van der Waals surface area contributed by atoms with Crippen LogP contribution in [0.3, 0.4) is 0 Å². The number of fused-ring (bicyclic) bond motifs is 2. The van der Waals surface area contributed by atoms with E-state index in [1.165, 1.54) is 40.4 Å². The van der Waals surface area contributed by atoms with E-state index in [1.807, 2.05) is 18.2 Å². The average Bonchev–Trinajstić information content (AvgIpc) is 3.45. The number of thiazole rings is 1. The zero-order chi connectivity index (χ0) is 22.9. The molecule has 3 heterocycles. The Morgan fingerprint density at radius 1 is 1.06 bits per heavy atom. The molecular formula is C24H18N4O3S2. The first-order valence-electron chi connectivity index (χ1n) is 10.3. The molecule has 0 aliphatic carbocycles. The van der Waals surface area contributed by atoms with Crippen molar-refractivity contribution in [1.29, 1.82) is 0 Å². The number of hydrogen-bond acceptors (Lipinski definition) is 7. The number of non-ortho nitro benzene ring substituents is 1. The summed E-state index contributed by atoms with van der Waals surface area (Å²) in [6, 6.07) is 16.3. The average molecular weight is 475 g/mol. The molecule has 3 aromatic heterocycles. The van der Waals surface area contributed by atoms with Crippen LogP contribution in [0.2, 0.25) is 0 Å². The molecular weight excluding hydrogens is 456 g/mol. The van der Waals surface area contributed by atoms with Gasteiger partial charge in [-0.2, -0.15) is 0 Å². The first-order chi connectivity index (χ1) is 16.0. The van der Waals surface area contributed by atoms with E-state index in [1.54, 1.807) is 29.4 Å². The Morgan fingerprint density at radius 2 is 1.94 bits per heavy atom. The van der Waals surface area contributed by atoms with Crippen molar-refractivity contribution in [3.8, 4) is 0 Å². The largest absolute Gasteiger partial charge is 0.279 e. The Kier molecular flexibility index (Phi) is 5.57. The van der Waals surface area contributed by atoms with Crippen molar-refractivity contribution >= 4 is 59.7 Å². The van der Waals surface area contributed by atoms with Crippen LogP contribution >= 0.6 is 22.7 Å². The summed E-state index contributed by atoms with van der Waals surface area (Å²) >= 11 is 2.80. The van der Waals surface area contributed by atoms with Gasteiger partial charge in [0, 0.05) is 34.6 Å². The first-order valence-corrected chi connectivity index (χ1v) is 11.9. The van der Waals surface area contributed by atoms with E-state index in [-0.39, 0.29) is 11.6 Å². The van der Waals surface area contributed by atoms with E-state index in [4.69, 9.17) is 4.98 Å². The number of benzene rings is 2. The minimum atomic E-state index is -0.432. The van der Waals surface area contributed by atoms with E-state index in [0.29, 0.717) is 21.9 Å². The molecule has 7 nitrogen and oxygen atoms in total. The second-order valence-electron chi connectivity index (χ2n) is 7.49. The van der Waals surface area contributed by atoms with Crippen LogP contribution in [0, 0.1) is 10.1 Å². The maximum absolute atomic E-state index is 13.7. The van der Waals surface area contributed by atoms with Crippen molar-refractivity contribution < 1.29 is 9.72 Å². The van der Waals surface area contributed by atoms with Gasteiger partial charge in [0.25, 0.3) is 11.6 Å². The number of pyridine rings is 1. The standard InChI is InChI=1S/C24H18N4O3S2/c1-2-15-5-7-19-21(10-15)33-24(26-19)27(14-16-4-3-9-25-13-16)23(29)22-12-17-11-18(28(30)31)6-8-20(17)32-22/h3-13H,2,14H2,1H3. The molecule has 1 amide bonds. The summed E-state index contributed by atoms with van der Waals surface area (Å²) in [6.07, 6.45) is 4.35. The van der Waals surface area contributed by atoms with E-state index in [9.17, 15) is 14.9 Å². The summed E-state index contributed by atoms with van der Waals surface area (Å²) in [5, 5.41) is 12.4. The fourth-order valence-electron chi connectivity index (χ4n) is 3.58. The van der Waals surface area contributed by atoms with Gasteiger partial charge in [-0.1, -0.05) is 30.4 Å². The van der Waals surface area contributed by atoms with Crippen LogP contribution in [-0.2, 0) is 13.0 Å². The topological polar surface area (TPSA) is 89.2 Å². The van der Waals surface area contributed by atoms with Crippen molar-refractivity contribution in [3.63, 3.8) is 0 Å². The number of rotatable bonds is 6. The lowest BCUT2D eigenvalue weighted by Crippen LogP contribution is -2.29. The molecule has 0 bridgehead atoms. The minimum Gasteiger partial charge on any atom is -0.279 e. The number of aromatic nitrogens is 2. The molecule has 0 saturated heterocycles. The molecule has 0 saturated carbocycles. The van der Waals surface area contributed by atoms with Gasteiger partial charge in [-0.15, -0.1) is 11.3 Å². The number of anilines is 1. The van der Waals surface area contributed by atoms with E-state index < -0.39 is 4.92 Å². The van der Waals surface area contributed by atoms with Gasteiger partial charge < -0.3 is 0 Å². The van der Waals surface area contributed by atoms with E-state index in [2.05, 4.69) is 24.0 Å². The lowest BCUT2D eigenvalue weighted by atomic mass is 10.2. The maximum Gasteiger partial charge on any atom is 0.270 e. The normalized spacial score (nSPS) is 11.2. The fraction of sp³-hybridized carbons (Fsp3) is 0.125. The lowest BCUT2D eigenvalue weighted by molar-refractivity contribution is -0.384. The highest BCUT2D eigenvalue weighted by atomic mass is 32.1. The first kappa shape index (κ1) is 21.2. The van der Waals surface area contributed by atoms with E-state index >= 15 is 0 Å². The molecule has 0 fully saturated rings. The Labute approximate surface area is 197 Å². The lowest BCUT2D eigenvalue weighted by Gasteiger charge is -2.19. The number of nitrogens with zero attached hydrogens (tertiary/aromatic N) is 4. The Bertz CT molecular complexity index is 1490. The molecule has 0 unspecified atom stereocenters. The number of nitro benzene ring substituents is 1. The quantitative estimate of drug-likeness (QED) is 0.215. The van der Waals surface area contributed by atoms with Crippen LogP contribution in [-0.4, -0.2) is 20.8 Å². The molecule has 164 valence electrons. The Morgan fingerprint density at radius 3 is 2.70 bits per heavy atom. The summed E-state index contributed by atoms with van der Waals surface area (Å²) in [5.41, 5.74) is 2.96. The van der Waals surface area contributed by atoms with Crippen LogP contribution in [0.1, 0.15) is 27.7 Å². The highest BCUT2D eigenvalue weighted by molar-refractivity contribution is 7.23. The highest BCUT2D eigenvalue weighted by Crippen LogP contribution is 2.34. The minimum absolute atomic E-state index is 0.00409. The van der Waals surface area contributed by atoms with Crippen molar-refractivity contribution in [1.82, 2.24) is 9.97 Å². The van der Waals surface area contributed by atoms with Crippen LogP contribution in [0.4, 0.5) is 10.8 Å². The SMILES string of the molecule is CCc1ccc2nc(N(Cc3cccnc3)C(=O)c3cc4cc([N+](=O)[O-])ccc4s3)sc2c1. The maximum atomic E-state index is 13.7. The number of amides is 1. The van der Waals surface area contributed by atoms with Gasteiger partial charge in [0.05, 0.1) is 26.6 Å². The molecule has 5 rings (SSSR count). The van der Waals surface area contributed by atoms with Crippen molar-refractivity contribution in [2.75, 3.05) is 4.90 Å². The van der Waals surface area contributed by atoms with Gasteiger partial charge in [-0.25, -0.2) is 4.98 Å². The Hall–Kier alpha value is -3.69.